The molecule has 0 atom stereocenters. The van der Waals surface area contributed by atoms with Gasteiger partial charge in [-0.05, 0) is 94.3 Å². The van der Waals surface area contributed by atoms with E-state index < -0.39 is 30.9 Å². The van der Waals surface area contributed by atoms with E-state index in [2.05, 4.69) is 36.5 Å². The number of alkyl halides is 2. The van der Waals surface area contributed by atoms with E-state index >= 15 is 0 Å². The van der Waals surface area contributed by atoms with E-state index in [9.17, 15) is 27.4 Å². The Kier molecular flexibility index (Phi) is 13.1. The lowest BCUT2D eigenvalue weighted by molar-refractivity contribution is 0.170. The number of anilines is 2. The minimum Gasteiger partial charge on any atom is -0.489 e. The van der Waals surface area contributed by atoms with E-state index in [1.165, 1.54) is 0 Å². The van der Waals surface area contributed by atoms with Crippen molar-refractivity contribution in [1.82, 2.24) is 15.0 Å². The molecule has 5 aromatic carbocycles. The summed E-state index contributed by atoms with van der Waals surface area (Å²) < 4.78 is 74.7. The van der Waals surface area contributed by atoms with Gasteiger partial charge in [-0.1, -0.05) is 77.8 Å². The predicted molar refractivity (Wildman–Crippen MR) is 269 cm³/mol. The number of halogens is 4. The zero-order valence-electron chi connectivity index (χ0n) is 36.9. The monoisotopic (exact) mass is 1060 g/mol. The van der Waals surface area contributed by atoms with Crippen molar-refractivity contribution in [2.45, 2.75) is 23.7 Å². The van der Waals surface area contributed by atoms with Gasteiger partial charge in [0.15, 0.2) is 17.1 Å². The third kappa shape index (κ3) is 9.53. The number of fused-ring (bicyclic) bond motifs is 2. The highest BCUT2D eigenvalue weighted by molar-refractivity contribution is 7.92. The molecule has 3 aromatic heterocycles. The fourth-order valence-corrected chi connectivity index (χ4v) is 10.6. The molecule has 0 amide bonds. The van der Waals surface area contributed by atoms with Gasteiger partial charge in [-0.25, -0.2) is 31.3 Å². The first-order valence-corrected chi connectivity index (χ1v) is 26.8. The van der Waals surface area contributed by atoms with Gasteiger partial charge in [0, 0.05) is 22.6 Å². The molecule has 8 aromatic rings. The zero-order chi connectivity index (χ0) is 49.6. The first-order chi connectivity index (χ1) is 33.4. The molecule has 9 rings (SSSR count). The van der Waals surface area contributed by atoms with Crippen molar-refractivity contribution in [3.63, 3.8) is 0 Å². The molecule has 1 aliphatic rings. The molecular weight excluding hydrogens is 1020 g/mol. The van der Waals surface area contributed by atoms with Crippen LogP contribution in [-0.2, 0) is 30.9 Å². The normalized spacial score (nSPS) is 16.9. The van der Waals surface area contributed by atoms with Crippen molar-refractivity contribution >= 4 is 101 Å². The van der Waals surface area contributed by atoms with Crippen molar-refractivity contribution in [3.05, 3.63) is 147 Å². The van der Waals surface area contributed by atoms with Crippen LogP contribution in [0.1, 0.15) is 46.2 Å². The molecule has 356 valence electrons. The zero-order valence-corrected chi connectivity index (χ0v) is 41.5. The number of ether oxygens (including phenoxy) is 2. The molecule has 0 aliphatic heterocycles. The first kappa shape index (κ1) is 48.5. The Morgan fingerprint density at radius 3 is 1.56 bits per heavy atom. The van der Waals surface area contributed by atoms with Crippen molar-refractivity contribution in [1.29, 1.82) is 10.5 Å². The summed E-state index contributed by atoms with van der Waals surface area (Å²) in [4.78, 5) is 13.0. The van der Waals surface area contributed by atoms with Crippen LogP contribution in [-0.4, -0.2) is 69.3 Å². The number of hydrogen-bond acceptors (Lipinski definition) is 13. The Morgan fingerprint density at radius 2 is 1.07 bits per heavy atom. The van der Waals surface area contributed by atoms with Crippen LogP contribution < -0.4 is 18.9 Å². The van der Waals surface area contributed by atoms with Gasteiger partial charge in [-0.3, -0.25) is 0 Å². The SMILES string of the molecule is CS(=O)(=O)Nc1nc2cc(-c3ccc(C4(c5cc(Cl)c(OCCCl)c(C#N)c5)CC(c5ccc(-c6cnc7oc(NS(C)(=O)=O)nc7c6)cc5)(c5cc(Cl)c(OCCCl)c(C#N)c5)C4)cc3)ccc2o1. The smallest absolute Gasteiger partial charge is 0.311 e. The minimum atomic E-state index is -3.64. The molecule has 0 bridgehead atoms. The lowest BCUT2D eigenvalue weighted by atomic mass is 9.44. The summed E-state index contributed by atoms with van der Waals surface area (Å²) in [7, 11) is -7.26. The van der Waals surface area contributed by atoms with E-state index in [1.807, 2.05) is 66.7 Å². The van der Waals surface area contributed by atoms with Gasteiger partial charge in [0.25, 0.3) is 0 Å². The molecule has 70 heavy (non-hydrogen) atoms. The molecule has 15 nitrogen and oxygen atoms in total. The summed E-state index contributed by atoms with van der Waals surface area (Å²) in [5, 5.41) is 21.4. The van der Waals surface area contributed by atoms with E-state index in [-0.39, 0.29) is 75.4 Å². The van der Waals surface area contributed by atoms with Crippen molar-refractivity contribution in [2.75, 3.05) is 46.9 Å². The Hall–Kier alpha value is -6.57. The average molecular weight is 1060 g/mol. The fraction of sp³-hybridized carbons (Fsp3) is 0.204. The summed E-state index contributed by atoms with van der Waals surface area (Å²) in [6.07, 6.45) is 4.41. The Labute approximate surface area is 422 Å². The van der Waals surface area contributed by atoms with E-state index in [1.54, 1.807) is 36.5 Å². The highest BCUT2D eigenvalue weighted by Crippen LogP contribution is 2.64. The summed E-state index contributed by atoms with van der Waals surface area (Å²) >= 11 is 25.9. The highest BCUT2D eigenvalue weighted by Gasteiger charge is 2.58. The van der Waals surface area contributed by atoms with Crippen molar-refractivity contribution in [3.8, 4) is 45.9 Å². The van der Waals surface area contributed by atoms with Gasteiger partial charge >= 0.3 is 12.0 Å². The van der Waals surface area contributed by atoms with Crippen LogP contribution in [0.5, 0.6) is 11.5 Å². The molecule has 21 heteroatoms. The molecule has 0 saturated heterocycles. The van der Waals surface area contributed by atoms with Crippen molar-refractivity contribution < 1.29 is 35.1 Å². The van der Waals surface area contributed by atoms with E-state index in [0.717, 1.165) is 51.5 Å². The summed E-state index contributed by atoms with van der Waals surface area (Å²) in [5.74, 6) is 0.800. The average Bonchev–Trinajstić information content (AvgIpc) is 3.91. The van der Waals surface area contributed by atoms with Crippen LogP contribution >= 0.6 is 46.4 Å². The number of sulfonamides is 2. The maximum absolute atomic E-state index is 11.9. The highest BCUT2D eigenvalue weighted by atomic mass is 35.5. The van der Waals surface area contributed by atoms with E-state index in [4.69, 9.17) is 64.7 Å². The number of nitrogens with zero attached hydrogens (tertiary/aromatic N) is 5. The quantitative estimate of drug-likeness (QED) is 0.0860. The number of pyridine rings is 1. The summed E-state index contributed by atoms with van der Waals surface area (Å²) in [6.45, 7) is 0.263. The molecule has 1 aliphatic carbocycles. The second-order valence-corrected chi connectivity index (χ2v) is 21.7. The number of oxazole rings is 2. The topological polar surface area (TPSA) is 223 Å². The van der Waals surface area contributed by atoms with Crippen molar-refractivity contribution in [2.24, 2.45) is 0 Å². The molecule has 3 heterocycles. The number of hydrogen-bond donors (Lipinski definition) is 2. The maximum Gasteiger partial charge on any atom is 0.311 e. The molecule has 2 N–H and O–H groups in total. The number of rotatable bonds is 16. The number of nitriles is 2. The predicted octanol–water partition coefficient (Wildman–Crippen LogP) is 10.8. The fourth-order valence-electron chi connectivity index (χ4n) is 9.06. The molecule has 0 spiro atoms. The summed E-state index contributed by atoms with van der Waals surface area (Å²) in [6, 6.07) is 34.4. The standard InChI is InChI=1S/C49H37Cl4N7O8S2/c1-69(61,62)59-46-57-40-19-30(7-12-42(40)67-46)28-3-8-34(9-4-28)48(36-17-31(23-54)43(38(52)21-36)65-15-13-50)26-49(27-48,37-18-32(24-55)44(39(53)22-37)66-16-14-51)35-10-5-29(6-11-35)33-20-41-45(56-25-33)68-47(58-41)60-70(2,63)64/h3-12,17-22,25H,13-16,26-27H2,1-2H3,(H,57,59)(H,58,60). The third-order valence-corrected chi connectivity index (χ3v) is 14.0. The largest absolute Gasteiger partial charge is 0.489 e. The Bertz CT molecular complexity index is 3420. The maximum atomic E-state index is 11.9. The van der Waals surface area contributed by atoms with Gasteiger partial charge in [0.05, 0.1) is 45.4 Å². The van der Waals surface area contributed by atoms with Crippen LogP contribution in [0.3, 0.4) is 0 Å². The van der Waals surface area contributed by atoms with Crippen LogP contribution in [0.4, 0.5) is 12.0 Å². The molecular formula is C49H37Cl4N7O8S2. The van der Waals surface area contributed by atoms with Gasteiger partial charge < -0.3 is 18.3 Å². The van der Waals surface area contributed by atoms with Gasteiger partial charge in [-0.2, -0.15) is 20.5 Å². The van der Waals surface area contributed by atoms with Gasteiger partial charge in [0.1, 0.15) is 36.4 Å². The lowest BCUT2D eigenvalue weighted by Gasteiger charge is -2.58. The number of benzene rings is 5. The summed E-state index contributed by atoms with van der Waals surface area (Å²) in [5.41, 5.74) is 6.53. The minimum absolute atomic E-state index is 0.131. The lowest BCUT2D eigenvalue weighted by Crippen LogP contribution is -2.54. The second-order valence-electron chi connectivity index (χ2n) is 16.7. The molecule has 0 radical (unpaired) electrons. The Morgan fingerprint density at radius 1 is 0.614 bits per heavy atom. The number of aromatic nitrogens is 3. The molecule has 1 fully saturated rings. The number of nitrogens with one attached hydrogen (secondary N) is 2. The first-order valence-electron chi connectivity index (χ1n) is 21.1. The van der Waals surface area contributed by atoms with Crippen LogP contribution in [0, 0.1) is 22.7 Å². The van der Waals surface area contributed by atoms with Crippen LogP contribution in [0.2, 0.25) is 10.0 Å². The third-order valence-electron chi connectivity index (χ3n) is 12.0. The van der Waals surface area contributed by atoms with E-state index in [0.29, 0.717) is 35.0 Å². The van der Waals surface area contributed by atoms with Gasteiger partial charge in [0.2, 0.25) is 25.8 Å². The van der Waals surface area contributed by atoms with Crippen LogP contribution in [0.15, 0.2) is 112 Å². The molecule has 0 unspecified atom stereocenters. The van der Waals surface area contributed by atoms with Crippen LogP contribution in [0.25, 0.3) is 44.6 Å². The molecule has 1 saturated carbocycles. The van der Waals surface area contributed by atoms with Gasteiger partial charge in [-0.15, -0.1) is 23.2 Å². The second kappa shape index (κ2) is 19.0. The Balaban J connectivity index is 1.17.